The van der Waals surface area contributed by atoms with Gasteiger partial charge in [-0.3, -0.25) is 19.6 Å². The van der Waals surface area contributed by atoms with Gasteiger partial charge in [0.2, 0.25) is 5.91 Å². The minimum absolute atomic E-state index is 0.0143. The average molecular weight is 669 g/mol. The Kier molecular flexibility index (Phi) is 8.59. The zero-order valence-corrected chi connectivity index (χ0v) is 27.4. The number of pyridine rings is 1. The van der Waals surface area contributed by atoms with Gasteiger partial charge in [-0.2, -0.15) is 0 Å². The maximum atomic E-state index is 14.3. The zero-order valence-electron chi connectivity index (χ0n) is 25.0. The molecule has 3 atom stereocenters. The van der Waals surface area contributed by atoms with Crippen LogP contribution >= 0.6 is 27.5 Å². The van der Waals surface area contributed by atoms with Gasteiger partial charge < -0.3 is 14.2 Å². The van der Waals surface area contributed by atoms with Gasteiger partial charge in [-0.25, -0.2) is 4.79 Å². The van der Waals surface area contributed by atoms with Gasteiger partial charge in [-0.15, -0.1) is 0 Å². The Bertz CT molecular complexity index is 1440. The van der Waals surface area contributed by atoms with Crippen LogP contribution in [0.25, 0.3) is 0 Å². The van der Waals surface area contributed by atoms with Crippen LogP contribution in [0.3, 0.4) is 0 Å². The van der Waals surface area contributed by atoms with E-state index in [0.29, 0.717) is 43.7 Å². The summed E-state index contributed by atoms with van der Waals surface area (Å²) in [4.78, 5) is 38.7. The Morgan fingerprint density at radius 3 is 2.58 bits per heavy atom. The van der Waals surface area contributed by atoms with Crippen molar-refractivity contribution in [1.29, 1.82) is 0 Å². The number of hydrogen-bond donors (Lipinski definition) is 0. The number of halogens is 2. The first kappa shape index (κ1) is 30.2. The molecule has 2 aliphatic heterocycles. The average Bonchev–Trinajstić information content (AvgIpc) is 3.62. The molecular weight excluding hydrogens is 630 g/mol. The number of amides is 2. The van der Waals surface area contributed by atoms with Crippen LogP contribution in [0, 0.1) is 5.92 Å². The summed E-state index contributed by atoms with van der Waals surface area (Å²) < 4.78 is 8.93. The van der Waals surface area contributed by atoms with Crippen molar-refractivity contribution in [3.05, 3.63) is 86.9 Å². The number of fused-ring (bicyclic) bond motifs is 2. The van der Waals surface area contributed by atoms with Crippen LogP contribution < -0.4 is 0 Å². The number of rotatable bonds is 4. The highest BCUT2D eigenvalue weighted by Crippen LogP contribution is 2.39. The maximum Gasteiger partial charge on any atom is 0.411 e. The molecule has 2 saturated heterocycles. The molecule has 0 radical (unpaired) electrons. The summed E-state index contributed by atoms with van der Waals surface area (Å²) in [5, 5.41) is 0.712. The predicted molar refractivity (Wildman–Crippen MR) is 170 cm³/mol. The summed E-state index contributed by atoms with van der Waals surface area (Å²) in [6.07, 6.45) is 8.18. The van der Waals surface area contributed by atoms with Crippen LogP contribution in [0.15, 0.2) is 59.5 Å². The Balaban J connectivity index is 1.31. The van der Waals surface area contributed by atoms with Crippen molar-refractivity contribution < 1.29 is 14.3 Å². The maximum absolute atomic E-state index is 14.3. The second-order valence-electron chi connectivity index (χ2n) is 12.9. The van der Waals surface area contributed by atoms with Gasteiger partial charge in [0.1, 0.15) is 11.6 Å². The Morgan fingerprint density at radius 1 is 1.05 bits per heavy atom. The lowest BCUT2D eigenvalue weighted by Crippen LogP contribution is -2.62. The number of piperazine rings is 1. The number of nitrogens with zero attached hydrogens (tertiary/aromatic N) is 5. The van der Waals surface area contributed by atoms with Crippen LogP contribution in [0.5, 0.6) is 0 Å². The van der Waals surface area contributed by atoms with Gasteiger partial charge in [0.25, 0.3) is 0 Å². The molecule has 1 aromatic carbocycles. The molecule has 0 N–H and O–H groups in total. The van der Waals surface area contributed by atoms with Crippen molar-refractivity contribution >= 4 is 39.5 Å². The lowest BCUT2D eigenvalue weighted by Gasteiger charge is -2.44. The standard InChI is InChI=1S/C33H39BrClN5O3/c1-33(2,3)43-32(42)40-15-14-38(21-28(40)31(41)39-13-10-22(20-39)19-37-11-4-5-12-37)30-27-9-8-26(35)17-23(27)6-7-24-16-25(34)18-36-29(24)30/h4-5,8-9,11-12,16-18,22,28,30H,6-7,10,13-15,19-21H2,1-3H3/t22-,28+,30-/m0/s1. The van der Waals surface area contributed by atoms with Crippen LogP contribution in [-0.2, 0) is 28.9 Å². The minimum Gasteiger partial charge on any atom is -0.444 e. The van der Waals surface area contributed by atoms with Gasteiger partial charge in [0.05, 0.1) is 11.7 Å². The van der Waals surface area contributed by atoms with E-state index in [0.717, 1.165) is 41.5 Å². The van der Waals surface area contributed by atoms with Crippen molar-refractivity contribution in [2.24, 2.45) is 5.92 Å². The van der Waals surface area contributed by atoms with Crippen LogP contribution in [0.4, 0.5) is 4.79 Å². The molecule has 4 heterocycles. The molecule has 0 unspecified atom stereocenters. The summed E-state index contributed by atoms with van der Waals surface area (Å²) in [5.41, 5.74) is 3.86. The third kappa shape index (κ3) is 6.64. The molecule has 0 saturated carbocycles. The molecule has 43 heavy (non-hydrogen) atoms. The lowest BCUT2D eigenvalue weighted by molar-refractivity contribution is -0.138. The summed E-state index contributed by atoms with van der Waals surface area (Å²) in [7, 11) is 0. The van der Waals surface area contributed by atoms with Crippen molar-refractivity contribution in [2.75, 3.05) is 32.7 Å². The molecule has 228 valence electrons. The second-order valence-corrected chi connectivity index (χ2v) is 14.3. The molecule has 2 fully saturated rings. The Labute approximate surface area is 267 Å². The number of aryl methyl sites for hydroxylation is 2. The topological polar surface area (TPSA) is 70.9 Å². The molecule has 1 aliphatic carbocycles. The Hall–Kier alpha value is -2.88. The summed E-state index contributed by atoms with van der Waals surface area (Å²) in [6, 6.07) is 11.5. The molecule has 0 bridgehead atoms. The van der Waals surface area contributed by atoms with E-state index in [2.05, 4.69) is 56.0 Å². The molecule has 10 heteroatoms. The number of ether oxygens (including phenoxy) is 1. The van der Waals surface area contributed by atoms with Crippen molar-refractivity contribution in [1.82, 2.24) is 24.3 Å². The van der Waals surface area contributed by atoms with Gasteiger partial charge in [0.15, 0.2) is 0 Å². The molecular formula is C33H39BrClN5O3. The van der Waals surface area contributed by atoms with E-state index in [9.17, 15) is 9.59 Å². The smallest absolute Gasteiger partial charge is 0.411 e. The number of carbonyl (C=O) groups is 2. The highest BCUT2D eigenvalue weighted by Gasteiger charge is 2.44. The van der Waals surface area contributed by atoms with Crippen molar-refractivity contribution in [3.8, 4) is 0 Å². The van der Waals surface area contributed by atoms with E-state index in [1.807, 2.05) is 50.1 Å². The SMILES string of the molecule is CC(C)(C)OC(=O)N1CCN([C@H]2c3ccc(Cl)cc3CCc3cc(Br)cnc32)C[C@@H]1C(=O)N1CC[C@@H](Cn2cccc2)C1. The minimum atomic E-state index is -0.660. The highest BCUT2D eigenvalue weighted by molar-refractivity contribution is 9.10. The van der Waals surface area contributed by atoms with E-state index in [1.165, 1.54) is 11.1 Å². The van der Waals surface area contributed by atoms with Crippen LogP contribution in [0.2, 0.25) is 5.02 Å². The number of likely N-dealkylation sites (tertiary alicyclic amines) is 1. The van der Waals surface area contributed by atoms with E-state index >= 15 is 0 Å². The molecule has 2 aromatic heterocycles. The molecule has 6 rings (SSSR count). The highest BCUT2D eigenvalue weighted by atomic mass is 79.9. The quantitative estimate of drug-likeness (QED) is 0.344. The van der Waals surface area contributed by atoms with E-state index in [1.54, 1.807) is 4.90 Å². The first-order valence-corrected chi connectivity index (χ1v) is 16.3. The van der Waals surface area contributed by atoms with Crippen molar-refractivity contribution in [2.45, 2.75) is 64.3 Å². The molecule has 3 aromatic rings. The zero-order chi connectivity index (χ0) is 30.3. The number of hydrogen-bond acceptors (Lipinski definition) is 5. The lowest BCUT2D eigenvalue weighted by atomic mass is 9.95. The van der Waals surface area contributed by atoms with Gasteiger partial charge >= 0.3 is 6.09 Å². The first-order chi connectivity index (χ1) is 20.6. The van der Waals surface area contributed by atoms with E-state index in [-0.39, 0.29) is 11.9 Å². The third-order valence-electron chi connectivity index (χ3n) is 8.71. The predicted octanol–water partition coefficient (Wildman–Crippen LogP) is 5.96. The van der Waals surface area contributed by atoms with Crippen molar-refractivity contribution in [3.63, 3.8) is 0 Å². The normalized spacial score (nSPS) is 22.6. The Morgan fingerprint density at radius 2 is 1.81 bits per heavy atom. The van der Waals surface area contributed by atoms with E-state index in [4.69, 9.17) is 21.3 Å². The fourth-order valence-corrected chi connectivity index (χ4v) is 7.33. The molecule has 0 spiro atoms. The summed E-state index contributed by atoms with van der Waals surface area (Å²) in [6.45, 7) is 9.19. The fraction of sp³-hybridized carbons (Fsp3) is 0.485. The van der Waals surface area contributed by atoms with Gasteiger partial charge in [-0.1, -0.05) is 17.7 Å². The van der Waals surface area contributed by atoms with Crippen LogP contribution in [-0.4, -0.2) is 80.6 Å². The summed E-state index contributed by atoms with van der Waals surface area (Å²) in [5.74, 6) is 0.360. The summed E-state index contributed by atoms with van der Waals surface area (Å²) >= 11 is 10.1. The molecule has 3 aliphatic rings. The van der Waals surface area contributed by atoms with Gasteiger partial charge in [0, 0.05) is 67.4 Å². The fourth-order valence-electron chi connectivity index (χ4n) is 6.75. The largest absolute Gasteiger partial charge is 0.444 e. The number of carbonyl (C=O) groups excluding carboxylic acids is 2. The molecule has 2 amide bonds. The number of benzene rings is 1. The monoisotopic (exact) mass is 667 g/mol. The second kappa shape index (κ2) is 12.3. The van der Waals surface area contributed by atoms with Gasteiger partial charge in [-0.05, 0) is 109 Å². The number of aromatic nitrogens is 2. The molecule has 8 nitrogen and oxygen atoms in total. The van der Waals surface area contributed by atoms with E-state index < -0.39 is 17.7 Å². The van der Waals surface area contributed by atoms with Crippen LogP contribution in [0.1, 0.15) is 55.6 Å². The third-order valence-corrected chi connectivity index (χ3v) is 9.38. The first-order valence-electron chi connectivity index (χ1n) is 15.1.